The Balaban J connectivity index is 1.81. The first kappa shape index (κ1) is 19.3. The average molecular weight is 389 g/mol. The highest BCUT2D eigenvalue weighted by Gasteiger charge is 2.28. The standard InChI is InChI=1S/C19H23N3O4S/c1-5-14-11(2)20-19-22(18(14)24)9-12(10-27-19)17(23)21-15-7-6-13(25-3)8-16(15)26-4/h6-8,12H,5,9-10H2,1-4H3,(H,21,23). The van der Waals surface area contributed by atoms with Crippen LogP contribution in [0.25, 0.3) is 0 Å². The van der Waals surface area contributed by atoms with Crippen LogP contribution >= 0.6 is 11.8 Å². The monoisotopic (exact) mass is 389 g/mol. The number of amides is 1. The lowest BCUT2D eigenvalue weighted by Crippen LogP contribution is -2.38. The van der Waals surface area contributed by atoms with Crippen molar-refractivity contribution in [3.05, 3.63) is 39.8 Å². The van der Waals surface area contributed by atoms with E-state index in [4.69, 9.17) is 9.47 Å². The molecule has 0 bridgehead atoms. The van der Waals surface area contributed by atoms with E-state index in [9.17, 15) is 9.59 Å². The van der Waals surface area contributed by atoms with Gasteiger partial charge in [0, 0.05) is 29.6 Å². The number of carbonyl (C=O) groups is 1. The predicted molar refractivity (Wildman–Crippen MR) is 105 cm³/mol. The second-order valence-corrected chi connectivity index (χ2v) is 7.28. The SMILES string of the molecule is CCc1c(C)nc2n(c1=O)CC(C(=O)Nc1ccc(OC)cc1OC)CS2. The summed E-state index contributed by atoms with van der Waals surface area (Å²) < 4.78 is 12.1. The fraction of sp³-hybridized carbons (Fsp3) is 0.421. The molecule has 0 saturated carbocycles. The van der Waals surface area contributed by atoms with Gasteiger partial charge in [0.25, 0.3) is 5.56 Å². The first-order valence-electron chi connectivity index (χ1n) is 8.74. The number of rotatable bonds is 5. The number of methoxy groups -OCH3 is 2. The van der Waals surface area contributed by atoms with Gasteiger partial charge in [-0.15, -0.1) is 0 Å². The number of thioether (sulfide) groups is 1. The molecule has 0 radical (unpaired) electrons. The molecule has 0 fully saturated rings. The van der Waals surface area contributed by atoms with Gasteiger partial charge in [0.05, 0.1) is 25.8 Å². The smallest absolute Gasteiger partial charge is 0.257 e. The minimum absolute atomic E-state index is 0.0490. The highest BCUT2D eigenvalue weighted by atomic mass is 32.2. The maximum atomic E-state index is 12.8. The molecule has 1 atom stereocenters. The molecule has 7 nitrogen and oxygen atoms in total. The number of aryl methyl sites for hydroxylation is 1. The van der Waals surface area contributed by atoms with Crippen LogP contribution < -0.4 is 20.3 Å². The molecule has 0 aliphatic carbocycles. The first-order chi connectivity index (χ1) is 13.0. The Hall–Kier alpha value is -2.48. The van der Waals surface area contributed by atoms with E-state index in [0.717, 1.165) is 5.69 Å². The second-order valence-electron chi connectivity index (χ2n) is 6.29. The number of nitrogens with one attached hydrogen (secondary N) is 1. The summed E-state index contributed by atoms with van der Waals surface area (Å²) >= 11 is 1.44. The maximum absolute atomic E-state index is 12.8. The number of hydrogen-bond acceptors (Lipinski definition) is 6. The lowest BCUT2D eigenvalue weighted by Gasteiger charge is -2.25. The number of ether oxygens (including phenoxy) is 2. The van der Waals surface area contributed by atoms with E-state index in [-0.39, 0.29) is 17.4 Å². The molecule has 1 unspecified atom stereocenters. The summed E-state index contributed by atoms with van der Waals surface area (Å²) in [5.74, 6) is 1.26. The van der Waals surface area contributed by atoms with Gasteiger partial charge in [0.15, 0.2) is 5.16 Å². The van der Waals surface area contributed by atoms with Crippen LogP contribution in [0, 0.1) is 12.8 Å². The van der Waals surface area contributed by atoms with Gasteiger partial charge in [-0.3, -0.25) is 14.2 Å². The minimum Gasteiger partial charge on any atom is -0.497 e. The van der Waals surface area contributed by atoms with E-state index in [2.05, 4.69) is 10.3 Å². The second kappa shape index (κ2) is 8.04. The van der Waals surface area contributed by atoms with Gasteiger partial charge >= 0.3 is 0 Å². The highest BCUT2D eigenvalue weighted by molar-refractivity contribution is 7.99. The number of hydrogen-bond donors (Lipinski definition) is 1. The van der Waals surface area contributed by atoms with Crippen molar-refractivity contribution >= 4 is 23.4 Å². The van der Waals surface area contributed by atoms with Crippen LogP contribution in [0.15, 0.2) is 28.2 Å². The van der Waals surface area contributed by atoms with Crippen LogP contribution in [-0.4, -0.2) is 35.4 Å². The number of fused-ring (bicyclic) bond motifs is 1. The van der Waals surface area contributed by atoms with E-state index in [1.807, 2.05) is 13.8 Å². The Kier molecular flexibility index (Phi) is 5.74. The van der Waals surface area contributed by atoms with Crippen molar-refractivity contribution in [2.24, 2.45) is 5.92 Å². The van der Waals surface area contributed by atoms with Crippen molar-refractivity contribution in [1.29, 1.82) is 0 Å². The molecule has 1 aromatic carbocycles. The fourth-order valence-electron chi connectivity index (χ4n) is 3.10. The van der Waals surface area contributed by atoms with Gasteiger partial charge in [0.1, 0.15) is 11.5 Å². The van der Waals surface area contributed by atoms with Crippen molar-refractivity contribution in [2.75, 3.05) is 25.3 Å². The van der Waals surface area contributed by atoms with Crippen molar-refractivity contribution in [2.45, 2.75) is 32.0 Å². The normalized spacial score (nSPS) is 15.8. The molecule has 1 aliphatic heterocycles. The molecule has 1 N–H and O–H groups in total. The van der Waals surface area contributed by atoms with Crippen LogP contribution in [0.2, 0.25) is 0 Å². The molecule has 2 heterocycles. The molecular formula is C19H23N3O4S. The summed E-state index contributed by atoms with van der Waals surface area (Å²) in [5, 5.41) is 3.59. The van der Waals surface area contributed by atoms with E-state index < -0.39 is 0 Å². The topological polar surface area (TPSA) is 82.5 Å². The van der Waals surface area contributed by atoms with Crippen molar-refractivity contribution in [1.82, 2.24) is 9.55 Å². The molecule has 2 aromatic rings. The van der Waals surface area contributed by atoms with Gasteiger partial charge in [-0.25, -0.2) is 4.98 Å². The number of benzene rings is 1. The molecule has 3 rings (SSSR count). The number of nitrogens with zero attached hydrogens (tertiary/aromatic N) is 2. The largest absolute Gasteiger partial charge is 0.497 e. The quantitative estimate of drug-likeness (QED) is 0.791. The summed E-state index contributed by atoms with van der Waals surface area (Å²) in [5.41, 5.74) is 2.00. The summed E-state index contributed by atoms with van der Waals surface area (Å²) in [6.45, 7) is 4.12. The Morgan fingerprint density at radius 3 is 2.81 bits per heavy atom. The highest BCUT2D eigenvalue weighted by Crippen LogP contribution is 2.31. The Labute approximate surface area is 162 Å². The third-order valence-corrected chi connectivity index (χ3v) is 5.78. The summed E-state index contributed by atoms with van der Waals surface area (Å²) in [6, 6.07) is 5.21. The van der Waals surface area contributed by atoms with Gasteiger partial charge < -0.3 is 14.8 Å². The molecule has 27 heavy (non-hydrogen) atoms. The third-order valence-electron chi connectivity index (χ3n) is 4.64. The van der Waals surface area contributed by atoms with E-state index in [0.29, 0.717) is 46.6 Å². The molecule has 0 saturated heterocycles. The van der Waals surface area contributed by atoms with Crippen LogP contribution in [0.5, 0.6) is 11.5 Å². The minimum atomic E-state index is -0.332. The molecule has 1 amide bonds. The molecule has 1 aliphatic rings. The molecule has 0 spiro atoms. The van der Waals surface area contributed by atoms with Crippen molar-refractivity contribution in [3.8, 4) is 11.5 Å². The van der Waals surface area contributed by atoms with Gasteiger partial charge in [0.2, 0.25) is 5.91 Å². The summed E-state index contributed by atoms with van der Waals surface area (Å²) in [7, 11) is 3.11. The van der Waals surface area contributed by atoms with Crippen molar-refractivity contribution in [3.63, 3.8) is 0 Å². The summed E-state index contributed by atoms with van der Waals surface area (Å²) in [6.07, 6.45) is 0.628. The van der Waals surface area contributed by atoms with Crippen LogP contribution in [0.3, 0.4) is 0 Å². The lowest BCUT2D eigenvalue weighted by atomic mass is 10.1. The zero-order valence-electron chi connectivity index (χ0n) is 15.9. The molecule has 144 valence electrons. The van der Waals surface area contributed by atoms with Crippen LogP contribution in [0.1, 0.15) is 18.2 Å². The van der Waals surface area contributed by atoms with E-state index >= 15 is 0 Å². The predicted octanol–water partition coefficient (Wildman–Crippen LogP) is 2.49. The fourth-order valence-corrected chi connectivity index (χ4v) is 4.22. The number of anilines is 1. The molecule has 8 heteroatoms. The molecule has 1 aromatic heterocycles. The Bertz CT molecular complexity index is 926. The number of carbonyl (C=O) groups excluding carboxylic acids is 1. The van der Waals surface area contributed by atoms with Crippen LogP contribution in [-0.2, 0) is 17.8 Å². The third kappa shape index (κ3) is 3.80. The Morgan fingerprint density at radius 2 is 2.15 bits per heavy atom. The zero-order chi connectivity index (χ0) is 19.6. The number of aromatic nitrogens is 2. The molecular weight excluding hydrogens is 366 g/mol. The van der Waals surface area contributed by atoms with Gasteiger partial charge in [-0.05, 0) is 25.5 Å². The Morgan fingerprint density at radius 1 is 1.37 bits per heavy atom. The first-order valence-corrected chi connectivity index (χ1v) is 9.73. The lowest BCUT2D eigenvalue weighted by molar-refractivity contribution is -0.119. The van der Waals surface area contributed by atoms with Gasteiger partial charge in [-0.2, -0.15) is 0 Å². The van der Waals surface area contributed by atoms with Crippen LogP contribution in [0.4, 0.5) is 5.69 Å². The van der Waals surface area contributed by atoms with Gasteiger partial charge in [-0.1, -0.05) is 18.7 Å². The van der Waals surface area contributed by atoms with E-state index in [1.165, 1.54) is 18.9 Å². The van der Waals surface area contributed by atoms with Crippen molar-refractivity contribution < 1.29 is 14.3 Å². The van der Waals surface area contributed by atoms with E-state index in [1.54, 1.807) is 29.9 Å². The summed E-state index contributed by atoms with van der Waals surface area (Å²) in [4.78, 5) is 30.0. The zero-order valence-corrected chi connectivity index (χ0v) is 16.7. The average Bonchev–Trinajstić information content (AvgIpc) is 2.68. The maximum Gasteiger partial charge on any atom is 0.257 e.